The van der Waals surface area contributed by atoms with Crippen molar-refractivity contribution in [3.63, 3.8) is 0 Å². The van der Waals surface area contributed by atoms with Crippen molar-refractivity contribution in [3.05, 3.63) is 36.0 Å². The first-order valence-electron chi connectivity index (χ1n) is 5.30. The molecular formula is C12H12ClFN2O. The van der Waals surface area contributed by atoms with Gasteiger partial charge in [-0.15, -0.1) is 0 Å². The smallest absolute Gasteiger partial charge is 0.249 e. The largest absolute Gasteiger partial charge is 0.307 e. The second kappa shape index (κ2) is 4.45. The molecule has 1 N–H and O–H groups in total. The molecule has 0 bridgehead atoms. The number of amides is 1. The summed E-state index contributed by atoms with van der Waals surface area (Å²) in [5, 5.41) is 0.958. The summed E-state index contributed by atoms with van der Waals surface area (Å²) in [6, 6.07) is 3.36. The molecule has 1 aliphatic rings. The number of carbonyl (C=O) groups excluding carboxylic acids is 1. The van der Waals surface area contributed by atoms with E-state index in [1.165, 1.54) is 12.3 Å². The highest BCUT2D eigenvalue weighted by Gasteiger charge is 2.55. The van der Waals surface area contributed by atoms with E-state index in [0.29, 0.717) is 12.2 Å². The Morgan fingerprint density at radius 3 is 3.06 bits per heavy atom. The van der Waals surface area contributed by atoms with E-state index in [4.69, 9.17) is 11.6 Å². The first-order chi connectivity index (χ1) is 8.03. The molecular weight excluding hydrogens is 243 g/mol. The molecule has 1 saturated carbocycles. The Balaban J connectivity index is 2.10. The molecule has 2 atom stereocenters. The molecule has 5 heteroatoms. The Bertz CT molecular complexity index is 473. The molecule has 0 aliphatic heterocycles. The van der Waals surface area contributed by atoms with Crippen LogP contribution in [0.4, 0.5) is 10.2 Å². The first-order valence-corrected chi connectivity index (χ1v) is 5.68. The van der Waals surface area contributed by atoms with Gasteiger partial charge in [-0.3, -0.25) is 4.79 Å². The lowest BCUT2D eigenvalue weighted by molar-refractivity contribution is -0.111. The fourth-order valence-electron chi connectivity index (χ4n) is 1.63. The summed E-state index contributed by atoms with van der Waals surface area (Å²) in [6.07, 6.45) is 4.87. The van der Waals surface area contributed by atoms with Gasteiger partial charge in [0.05, 0.1) is 0 Å². The molecule has 0 spiro atoms. The van der Waals surface area contributed by atoms with Crippen molar-refractivity contribution >= 4 is 23.3 Å². The summed E-state index contributed by atoms with van der Waals surface area (Å²) in [4.78, 5) is 15.3. The van der Waals surface area contributed by atoms with E-state index >= 15 is 0 Å². The van der Waals surface area contributed by atoms with Crippen LogP contribution in [0.15, 0.2) is 30.5 Å². The minimum atomic E-state index is -1.63. The number of allylic oxidation sites excluding steroid dienone is 1. The number of hydrogen-bond donors (Lipinski definition) is 1. The number of halogens is 2. The number of nitrogens with zero attached hydrogens (tertiary/aromatic N) is 1. The second-order valence-electron chi connectivity index (χ2n) is 3.98. The number of aromatic nitrogens is 1. The highest BCUT2D eigenvalue weighted by atomic mass is 35.5. The van der Waals surface area contributed by atoms with Crippen molar-refractivity contribution in [2.75, 3.05) is 5.32 Å². The number of pyridine rings is 1. The zero-order valence-corrected chi connectivity index (χ0v) is 10.0. The van der Waals surface area contributed by atoms with Crippen LogP contribution in [0.1, 0.15) is 24.8 Å². The molecule has 17 heavy (non-hydrogen) atoms. The molecule has 1 aromatic heterocycles. The van der Waals surface area contributed by atoms with Crippen LogP contribution in [-0.4, -0.2) is 16.0 Å². The van der Waals surface area contributed by atoms with Crippen LogP contribution >= 0.6 is 11.6 Å². The van der Waals surface area contributed by atoms with Crippen molar-refractivity contribution < 1.29 is 9.18 Å². The third-order valence-corrected chi connectivity index (χ3v) is 3.00. The lowest BCUT2D eigenvalue weighted by Gasteiger charge is -2.04. The fourth-order valence-corrected chi connectivity index (χ4v) is 1.91. The summed E-state index contributed by atoms with van der Waals surface area (Å²) >= 11 is 5.56. The molecule has 1 fully saturated rings. The van der Waals surface area contributed by atoms with Gasteiger partial charge in [0.25, 0.3) is 0 Å². The first kappa shape index (κ1) is 12.0. The van der Waals surface area contributed by atoms with Gasteiger partial charge in [0.2, 0.25) is 5.91 Å². The fraction of sp³-hybridized carbons (Fsp3) is 0.333. The quantitative estimate of drug-likeness (QED) is 0.666. The van der Waals surface area contributed by atoms with E-state index in [1.807, 2.05) is 0 Å². The van der Waals surface area contributed by atoms with Gasteiger partial charge in [-0.05, 0) is 30.7 Å². The molecule has 1 heterocycles. The monoisotopic (exact) mass is 254 g/mol. The highest BCUT2D eigenvalue weighted by molar-refractivity contribution is 6.25. The lowest BCUT2D eigenvalue weighted by atomic mass is 10.2. The SMILES string of the molecule is C/C=C/C(=O)Nc1cc(C2CC2(F)Cl)ccn1. The molecule has 2 unspecified atom stereocenters. The van der Waals surface area contributed by atoms with Crippen LogP contribution in [0.25, 0.3) is 0 Å². The highest BCUT2D eigenvalue weighted by Crippen LogP contribution is 2.57. The third-order valence-electron chi connectivity index (χ3n) is 2.58. The van der Waals surface area contributed by atoms with Crippen LogP contribution in [0, 0.1) is 0 Å². The molecule has 2 rings (SSSR count). The normalized spacial score (nSPS) is 27.1. The van der Waals surface area contributed by atoms with E-state index in [9.17, 15) is 9.18 Å². The Hall–Kier alpha value is -1.42. The maximum Gasteiger partial charge on any atom is 0.249 e. The van der Waals surface area contributed by atoms with Gasteiger partial charge < -0.3 is 5.32 Å². The van der Waals surface area contributed by atoms with Crippen LogP contribution < -0.4 is 5.32 Å². The molecule has 0 radical (unpaired) electrons. The maximum atomic E-state index is 13.3. The molecule has 1 amide bonds. The predicted molar refractivity (Wildman–Crippen MR) is 64.7 cm³/mol. The van der Waals surface area contributed by atoms with E-state index < -0.39 is 5.13 Å². The van der Waals surface area contributed by atoms with Gasteiger partial charge in [-0.1, -0.05) is 17.7 Å². The number of nitrogens with one attached hydrogen (secondary N) is 1. The van der Waals surface area contributed by atoms with Crippen LogP contribution in [-0.2, 0) is 4.79 Å². The third kappa shape index (κ3) is 2.82. The van der Waals surface area contributed by atoms with Gasteiger partial charge in [-0.2, -0.15) is 0 Å². The number of hydrogen-bond acceptors (Lipinski definition) is 2. The van der Waals surface area contributed by atoms with Crippen molar-refractivity contribution in [1.29, 1.82) is 0 Å². The van der Waals surface area contributed by atoms with E-state index in [0.717, 1.165) is 5.56 Å². The Labute approximate surface area is 104 Å². The number of carbonyl (C=O) groups is 1. The zero-order chi connectivity index (χ0) is 12.5. The maximum absolute atomic E-state index is 13.3. The van der Waals surface area contributed by atoms with Crippen molar-refractivity contribution in [1.82, 2.24) is 4.98 Å². The minimum Gasteiger partial charge on any atom is -0.307 e. The summed E-state index contributed by atoms with van der Waals surface area (Å²) < 4.78 is 13.3. The van der Waals surface area contributed by atoms with Crippen molar-refractivity contribution in [2.24, 2.45) is 0 Å². The van der Waals surface area contributed by atoms with Crippen LogP contribution in [0.2, 0.25) is 0 Å². The van der Waals surface area contributed by atoms with Gasteiger partial charge in [0.1, 0.15) is 5.82 Å². The standard InChI is InChI=1S/C12H12ClFN2O/c1-2-3-11(17)16-10-6-8(4-5-15-10)9-7-12(9,13)14/h2-6,9H,7H2,1H3,(H,15,16,17)/b3-2+. The molecule has 1 aromatic rings. The number of anilines is 1. The minimum absolute atomic E-state index is 0.259. The average molecular weight is 255 g/mol. The molecule has 90 valence electrons. The second-order valence-corrected chi connectivity index (χ2v) is 4.61. The zero-order valence-electron chi connectivity index (χ0n) is 9.28. The van der Waals surface area contributed by atoms with Gasteiger partial charge in [0.15, 0.2) is 5.13 Å². The van der Waals surface area contributed by atoms with Crippen LogP contribution in [0.3, 0.4) is 0 Å². The summed E-state index contributed by atoms with van der Waals surface area (Å²) in [5.41, 5.74) is 0.758. The molecule has 1 aliphatic carbocycles. The van der Waals surface area contributed by atoms with Crippen molar-refractivity contribution in [3.8, 4) is 0 Å². The Kier molecular flexibility index (Phi) is 3.15. The van der Waals surface area contributed by atoms with Gasteiger partial charge in [0, 0.05) is 18.5 Å². The van der Waals surface area contributed by atoms with Gasteiger partial charge in [-0.25, -0.2) is 9.37 Å². The van der Waals surface area contributed by atoms with Crippen LogP contribution in [0.5, 0.6) is 0 Å². The number of alkyl halides is 2. The molecule has 0 aromatic carbocycles. The lowest BCUT2D eigenvalue weighted by Crippen LogP contribution is -2.09. The predicted octanol–water partition coefficient (Wildman–Crippen LogP) is 2.99. The molecule has 0 saturated heterocycles. The molecule has 3 nitrogen and oxygen atoms in total. The summed E-state index contributed by atoms with van der Waals surface area (Å²) in [7, 11) is 0. The van der Waals surface area contributed by atoms with Gasteiger partial charge >= 0.3 is 0 Å². The van der Waals surface area contributed by atoms with E-state index in [-0.39, 0.29) is 11.8 Å². The number of rotatable bonds is 3. The van der Waals surface area contributed by atoms with Crippen molar-refractivity contribution in [2.45, 2.75) is 24.4 Å². The summed E-state index contributed by atoms with van der Waals surface area (Å²) in [5.74, 6) is -0.153. The van der Waals surface area contributed by atoms with E-state index in [2.05, 4.69) is 10.3 Å². The topological polar surface area (TPSA) is 42.0 Å². The summed E-state index contributed by atoms with van der Waals surface area (Å²) in [6.45, 7) is 1.75. The van der Waals surface area contributed by atoms with E-state index in [1.54, 1.807) is 25.1 Å². The average Bonchev–Trinajstić information content (AvgIpc) is 2.88. The Morgan fingerprint density at radius 2 is 2.47 bits per heavy atom. The Morgan fingerprint density at radius 1 is 1.76 bits per heavy atom.